The molecule has 13 heteroatoms. The molecule has 2 unspecified atom stereocenters. The number of ether oxygens (including phenoxy) is 5. The van der Waals surface area contributed by atoms with Gasteiger partial charge in [-0.3, -0.25) is 14.5 Å². The predicted octanol–water partition coefficient (Wildman–Crippen LogP) is 1.59. The van der Waals surface area contributed by atoms with E-state index in [1.807, 2.05) is 0 Å². The third-order valence-corrected chi connectivity index (χ3v) is 14.2. The summed E-state index contributed by atoms with van der Waals surface area (Å²) in [5, 5.41) is 29.3. The topological polar surface area (TPSA) is 179 Å². The molecule has 6 fully saturated rings. The molecule has 2 amide bonds. The summed E-state index contributed by atoms with van der Waals surface area (Å²) in [5.41, 5.74) is 1.21. The van der Waals surface area contributed by atoms with E-state index in [1.54, 1.807) is 59.6 Å². The van der Waals surface area contributed by atoms with Gasteiger partial charge in [0.1, 0.15) is 11.2 Å². The zero-order valence-corrected chi connectivity index (χ0v) is 29.9. The van der Waals surface area contributed by atoms with Gasteiger partial charge in [-0.25, -0.2) is 4.79 Å². The van der Waals surface area contributed by atoms with E-state index in [0.29, 0.717) is 25.9 Å². The second-order valence-corrected chi connectivity index (χ2v) is 15.9. The number of nitrogens with two attached hydrogens (primary N) is 1. The number of carbonyl (C=O) groups is 3. The van der Waals surface area contributed by atoms with Gasteiger partial charge in [-0.05, 0) is 43.9 Å². The van der Waals surface area contributed by atoms with Crippen molar-refractivity contribution < 1.29 is 48.3 Å². The molecule has 1 aliphatic heterocycles. The maximum atomic E-state index is 14.0. The van der Waals surface area contributed by atoms with Crippen molar-refractivity contribution in [2.45, 2.75) is 87.6 Å². The Hall–Kier alpha value is -2.65. The fourth-order valence-electron chi connectivity index (χ4n) is 12.7. The molecule has 50 heavy (non-hydrogen) atoms. The highest BCUT2D eigenvalue weighted by Crippen LogP contribution is 2.80. The van der Waals surface area contributed by atoms with Crippen molar-refractivity contribution in [3.63, 3.8) is 0 Å². The Balaban J connectivity index is 1.29. The number of para-hydroxylation sites is 1. The third-order valence-electron chi connectivity index (χ3n) is 14.2. The number of anilines is 1. The first-order chi connectivity index (χ1) is 23.8. The van der Waals surface area contributed by atoms with E-state index in [0.717, 1.165) is 6.42 Å². The highest BCUT2D eigenvalue weighted by Gasteiger charge is 2.91. The molecule has 13 nitrogen and oxygen atoms in total. The van der Waals surface area contributed by atoms with Gasteiger partial charge in [0.05, 0.1) is 48.3 Å². The Labute approximate surface area is 293 Å². The van der Waals surface area contributed by atoms with Crippen LogP contribution in [0.2, 0.25) is 0 Å². The van der Waals surface area contributed by atoms with Crippen LogP contribution in [0, 0.1) is 40.4 Å². The fraction of sp³-hybridized carbons (Fsp3) is 0.757. The van der Waals surface area contributed by atoms with E-state index in [4.69, 9.17) is 29.4 Å². The van der Waals surface area contributed by atoms with Crippen LogP contribution in [0.5, 0.6) is 0 Å². The number of esters is 1. The van der Waals surface area contributed by atoms with Crippen LogP contribution < -0.4 is 11.1 Å². The summed E-state index contributed by atoms with van der Waals surface area (Å²) in [7, 11) is 6.69. The molecule has 7 bridgehead atoms. The summed E-state index contributed by atoms with van der Waals surface area (Å²) in [6.07, 6.45) is 0.586. The first-order valence-corrected chi connectivity index (χ1v) is 18.0. The number of nitrogens with zero attached hydrogens (tertiary/aromatic N) is 1. The number of likely N-dealkylation sites (N-methyl/N-ethyl adjacent to an activating group) is 1. The lowest BCUT2D eigenvalue weighted by Crippen LogP contribution is -2.82. The fourth-order valence-corrected chi connectivity index (χ4v) is 12.7. The molecular weight excluding hydrogens is 646 g/mol. The van der Waals surface area contributed by atoms with Gasteiger partial charge in [0, 0.05) is 82.3 Å². The Morgan fingerprint density at radius 3 is 2.46 bits per heavy atom. The molecule has 1 aromatic carbocycles. The zero-order valence-electron chi connectivity index (χ0n) is 29.9. The van der Waals surface area contributed by atoms with Gasteiger partial charge in [0.25, 0.3) is 0 Å². The number of likely N-dealkylation sites (tertiary alicyclic amines) is 1. The number of aliphatic hydroxyl groups is 2. The summed E-state index contributed by atoms with van der Waals surface area (Å²) in [4.78, 5) is 40.5. The molecule has 1 heterocycles. The Bertz CT molecular complexity index is 1530. The molecule has 276 valence electrons. The number of amides is 2. The van der Waals surface area contributed by atoms with E-state index in [1.165, 1.54) is 0 Å². The number of hydrogen-bond donors (Lipinski definition) is 4. The Kier molecular flexibility index (Phi) is 8.93. The van der Waals surface area contributed by atoms with Crippen molar-refractivity contribution in [1.82, 2.24) is 4.90 Å². The molecule has 5 saturated carbocycles. The van der Waals surface area contributed by atoms with E-state index in [2.05, 4.69) is 17.1 Å². The monoisotopic (exact) mass is 699 g/mol. The first kappa shape index (κ1) is 35.7. The Morgan fingerprint density at radius 2 is 1.82 bits per heavy atom. The number of rotatable bonds is 12. The van der Waals surface area contributed by atoms with Crippen molar-refractivity contribution in [2.24, 2.45) is 46.2 Å². The molecule has 14 atom stereocenters. The lowest BCUT2D eigenvalue weighted by atomic mass is 9.42. The molecule has 0 radical (unpaired) electrons. The van der Waals surface area contributed by atoms with Gasteiger partial charge in [-0.1, -0.05) is 26.0 Å². The number of methoxy groups -OCH3 is 4. The van der Waals surface area contributed by atoms with Gasteiger partial charge < -0.3 is 44.9 Å². The molecular formula is C37H53N3O10. The summed E-state index contributed by atoms with van der Waals surface area (Å²) >= 11 is 0. The number of nitrogens with one attached hydrogen (secondary N) is 1. The van der Waals surface area contributed by atoms with E-state index in [-0.39, 0.29) is 72.7 Å². The normalized spacial score (nSPS) is 44.4. The minimum atomic E-state index is -1.70. The van der Waals surface area contributed by atoms with Gasteiger partial charge in [0.15, 0.2) is 0 Å². The standard InChI is InChI=1S/C37H53N3O10/c1-7-40-17-34(18-50-32(43)20-10-8-9-11-23(20)39-31(42)19(2)14-26(38)41)13-12-25(47-4)36-22-15-21-24(46-3)16-35(44,27(22)28(21)48-5)37(45,33(36)40)30(49-6)29(34)36/h8-11,19,21-22,24-25,27-30,33,44-45H,7,12-18H2,1-6H3,(H2,38,41)(H,39,42)/t19?,21-,22-,24+,25+,27-,28+,29-,30+,33-,34+,35-,36?,37+/m1/s1. The number of carbonyl (C=O) groups excluding carboxylic acids is 3. The molecule has 1 spiro atoms. The molecule has 1 saturated heterocycles. The van der Waals surface area contributed by atoms with Crippen molar-refractivity contribution in [3.8, 4) is 0 Å². The predicted molar refractivity (Wildman–Crippen MR) is 180 cm³/mol. The summed E-state index contributed by atoms with van der Waals surface area (Å²) in [5.74, 6) is -3.02. The number of fused-ring (bicyclic) bond motifs is 2. The van der Waals surface area contributed by atoms with Crippen LogP contribution in [0.4, 0.5) is 5.69 Å². The number of hydrogen-bond acceptors (Lipinski definition) is 11. The van der Waals surface area contributed by atoms with Gasteiger partial charge >= 0.3 is 5.97 Å². The minimum Gasteiger partial charge on any atom is -0.461 e. The van der Waals surface area contributed by atoms with E-state index < -0.39 is 57.9 Å². The van der Waals surface area contributed by atoms with Gasteiger partial charge in [-0.15, -0.1) is 0 Å². The maximum Gasteiger partial charge on any atom is 0.340 e. The lowest BCUT2D eigenvalue weighted by Gasteiger charge is -2.70. The van der Waals surface area contributed by atoms with Crippen molar-refractivity contribution >= 4 is 23.5 Å². The highest BCUT2D eigenvalue weighted by molar-refractivity contribution is 6.02. The van der Waals surface area contributed by atoms with Gasteiger partial charge in [-0.2, -0.15) is 0 Å². The minimum absolute atomic E-state index is 0.0402. The van der Waals surface area contributed by atoms with Crippen molar-refractivity contribution in [1.29, 1.82) is 0 Å². The first-order valence-electron chi connectivity index (χ1n) is 18.0. The van der Waals surface area contributed by atoms with Crippen LogP contribution in [0.3, 0.4) is 0 Å². The second-order valence-electron chi connectivity index (χ2n) is 15.9. The molecule has 7 rings (SSSR count). The number of piperidine rings is 1. The average Bonchev–Trinajstić information content (AvgIpc) is 3.52. The van der Waals surface area contributed by atoms with Crippen LogP contribution in [0.15, 0.2) is 24.3 Å². The number of primary amides is 1. The molecule has 6 aliphatic rings. The molecule has 0 aromatic heterocycles. The molecule has 5 N–H and O–H groups in total. The summed E-state index contributed by atoms with van der Waals surface area (Å²) in [6.45, 7) is 4.84. The van der Waals surface area contributed by atoms with Crippen LogP contribution in [-0.4, -0.2) is 123 Å². The van der Waals surface area contributed by atoms with Crippen molar-refractivity contribution in [2.75, 3.05) is 53.5 Å². The SMILES string of the molecule is CCN1C[C@]2(COC(=O)c3ccccc3NC(=O)C(C)CC(N)=O)CC[C@H](OC)C34[C@@H]5C[C@H]6[C@H](OC)[C@@H]5[C@](O)(C[C@@H]6OC)[C@@](O)([C@H]13)[C@@H](OC)[C@@H]42. The van der Waals surface area contributed by atoms with Gasteiger partial charge in [0.2, 0.25) is 11.8 Å². The maximum absolute atomic E-state index is 14.0. The van der Waals surface area contributed by atoms with Crippen LogP contribution in [0.1, 0.15) is 56.3 Å². The van der Waals surface area contributed by atoms with E-state index >= 15 is 0 Å². The van der Waals surface area contributed by atoms with Crippen LogP contribution in [-0.2, 0) is 33.3 Å². The van der Waals surface area contributed by atoms with E-state index in [9.17, 15) is 24.6 Å². The molecule has 1 aromatic rings. The Morgan fingerprint density at radius 1 is 1.08 bits per heavy atom. The quantitative estimate of drug-likeness (QED) is 0.233. The zero-order chi connectivity index (χ0) is 36.0. The van der Waals surface area contributed by atoms with Crippen molar-refractivity contribution in [3.05, 3.63) is 29.8 Å². The summed E-state index contributed by atoms with van der Waals surface area (Å²) in [6, 6.07) is 6.16. The van der Waals surface area contributed by atoms with Crippen LogP contribution >= 0.6 is 0 Å². The lowest BCUT2D eigenvalue weighted by molar-refractivity contribution is -0.320. The largest absolute Gasteiger partial charge is 0.461 e. The highest BCUT2D eigenvalue weighted by atomic mass is 16.5. The van der Waals surface area contributed by atoms with Crippen LogP contribution in [0.25, 0.3) is 0 Å². The summed E-state index contributed by atoms with van der Waals surface area (Å²) < 4.78 is 31.3. The second kappa shape index (κ2) is 12.5. The third kappa shape index (κ3) is 4.46. The smallest absolute Gasteiger partial charge is 0.340 e. The average molecular weight is 700 g/mol. The molecule has 5 aliphatic carbocycles. The number of benzene rings is 1.